The summed E-state index contributed by atoms with van der Waals surface area (Å²) >= 11 is 0. The van der Waals surface area contributed by atoms with E-state index in [1.807, 2.05) is 0 Å². The molecular weight excluding hydrogens is 340 g/mol. The summed E-state index contributed by atoms with van der Waals surface area (Å²) in [4.78, 5) is 0. The number of rotatable bonds is 6. The summed E-state index contributed by atoms with van der Waals surface area (Å²) < 4.78 is 0. The van der Waals surface area contributed by atoms with Crippen LogP contribution in [0.25, 0.3) is 0 Å². The van der Waals surface area contributed by atoms with Crippen molar-refractivity contribution in [2.45, 2.75) is 54.6 Å². The van der Waals surface area contributed by atoms with E-state index in [1.165, 1.54) is 55.9 Å². The zero-order valence-corrected chi connectivity index (χ0v) is 18.0. The van der Waals surface area contributed by atoms with Gasteiger partial charge in [-0.15, -0.1) is 0 Å². The highest BCUT2D eigenvalue weighted by molar-refractivity contribution is 5.60. The Bertz CT molecular complexity index is 859. The van der Waals surface area contributed by atoms with Gasteiger partial charge in [0.15, 0.2) is 0 Å². The molecule has 2 N–H and O–H groups in total. The first kappa shape index (κ1) is 20.0. The quantitative estimate of drug-likeness (QED) is 0.499. The van der Waals surface area contributed by atoms with Crippen LogP contribution in [0.1, 0.15) is 44.5 Å². The third-order valence-electron chi connectivity index (χ3n) is 5.38. The van der Waals surface area contributed by atoms with E-state index in [1.54, 1.807) is 0 Å². The number of nitrogens with one attached hydrogen (secondary N) is 2. The van der Waals surface area contributed by atoms with Crippen molar-refractivity contribution in [2.75, 3.05) is 10.6 Å². The first-order chi connectivity index (χ1) is 13.3. The van der Waals surface area contributed by atoms with E-state index in [2.05, 4.69) is 101 Å². The molecule has 0 radical (unpaired) electrons. The Morgan fingerprint density at radius 2 is 0.857 bits per heavy atom. The molecule has 0 unspecified atom stereocenters. The van der Waals surface area contributed by atoms with E-state index in [4.69, 9.17) is 0 Å². The second kappa shape index (κ2) is 8.52. The lowest BCUT2D eigenvalue weighted by Crippen LogP contribution is -2.09. The molecule has 0 saturated carbocycles. The van der Waals surface area contributed by atoms with E-state index in [9.17, 15) is 0 Å². The molecule has 0 amide bonds. The van der Waals surface area contributed by atoms with Gasteiger partial charge in [0.25, 0.3) is 0 Å². The van der Waals surface area contributed by atoms with Gasteiger partial charge in [-0.25, -0.2) is 0 Å². The summed E-state index contributed by atoms with van der Waals surface area (Å²) in [6.07, 6.45) is 0. The summed E-state index contributed by atoms with van der Waals surface area (Å²) in [5.74, 6) is 0. The van der Waals surface area contributed by atoms with Crippen molar-refractivity contribution >= 4 is 11.4 Å². The molecule has 2 heteroatoms. The molecule has 0 saturated heterocycles. The number of hydrogen-bond donors (Lipinski definition) is 2. The Labute approximate surface area is 170 Å². The standard InChI is InChI=1S/C26H32N2/c1-17-11-19(3)25(20(4)12-17)27-15-23-9-7-8-10-24(23)16-28-26-21(5)13-18(2)14-22(26)6/h7-14,27-28H,15-16H2,1-6H3. The molecule has 0 fully saturated rings. The van der Waals surface area contributed by atoms with Crippen molar-refractivity contribution in [3.63, 3.8) is 0 Å². The van der Waals surface area contributed by atoms with Crippen molar-refractivity contribution in [3.8, 4) is 0 Å². The maximum Gasteiger partial charge on any atom is 0.0404 e. The summed E-state index contributed by atoms with van der Waals surface area (Å²) in [5.41, 5.74) is 13.0. The molecule has 0 aliphatic heterocycles. The number of aryl methyl sites for hydroxylation is 6. The first-order valence-electron chi connectivity index (χ1n) is 10.1. The Balaban J connectivity index is 1.76. The van der Waals surface area contributed by atoms with Crippen LogP contribution in [0.5, 0.6) is 0 Å². The van der Waals surface area contributed by atoms with Crippen LogP contribution >= 0.6 is 0 Å². The summed E-state index contributed by atoms with van der Waals surface area (Å²) in [6.45, 7) is 14.7. The van der Waals surface area contributed by atoms with Crippen LogP contribution in [0, 0.1) is 41.5 Å². The largest absolute Gasteiger partial charge is 0.381 e. The molecule has 2 nitrogen and oxygen atoms in total. The molecule has 3 aromatic carbocycles. The molecule has 0 heterocycles. The van der Waals surface area contributed by atoms with Crippen molar-refractivity contribution in [2.24, 2.45) is 0 Å². The maximum atomic E-state index is 3.67. The SMILES string of the molecule is Cc1cc(C)c(NCc2ccccc2CNc2c(C)cc(C)cc2C)c(C)c1. The number of benzene rings is 3. The van der Waals surface area contributed by atoms with Crippen LogP contribution in [-0.2, 0) is 13.1 Å². The third kappa shape index (κ3) is 4.56. The Hall–Kier alpha value is -2.74. The molecule has 3 rings (SSSR count). The molecule has 0 aliphatic carbocycles. The Kier molecular flexibility index (Phi) is 6.08. The second-order valence-electron chi connectivity index (χ2n) is 8.02. The average Bonchev–Trinajstić information content (AvgIpc) is 2.61. The third-order valence-corrected chi connectivity index (χ3v) is 5.38. The van der Waals surface area contributed by atoms with Crippen LogP contribution in [0.3, 0.4) is 0 Å². The van der Waals surface area contributed by atoms with Crippen LogP contribution in [0.2, 0.25) is 0 Å². The lowest BCUT2D eigenvalue weighted by Gasteiger charge is -2.18. The zero-order chi connectivity index (χ0) is 20.3. The highest BCUT2D eigenvalue weighted by Gasteiger charge is 2.08. The fourth-order valence-corrected chi connectivity index (χ4v) is 4.19. The molecule has 0 atom stereocenters. The van der Waals surface area contributed by atoms with Gasteiger partial charge in [-0.3, -0.25) is 0 Å². The van der Waals surface area contributed by atoms with Gasteiger partial charge in [-0.2, -0.15) is 0 Å². The topological polar surface area (TPSA) is 24.1 Å². The lowest BCUT2D eigenvalue weighted by molar-refractivity contribution is 1.04. The smallest absolute Gasteiger partial charge is 0.0404 e. The fraction of sp³-hybridized carbons (Fsp3) is 0.308. The first-order valence-corrected chi connectivity index (χ1v) is 10.1. The van der Waals surface area contributed by atoms with E-state index < -0.39 is 0 Å². The van der Waals surface area contributed by atoms with Gasteiger partial charge in [-0.1, -0.05) is 59.7 Å². The molecule has 0 bridgehead atoms. The lowest BCUT2D eigenvalue weighted by atomic mass is 10.0. The monoisotopic (exact) mass is 372 g/mol. The fourth-order valence-electron chi connectivity index (χ4n) is 4.19. The predicted molar refractivity (Wildman–Crippen MR) is 122 cm³/mol. The normalized spacial score (nSPS) is 10.8. The molecule has 0 spiro atoms. The van der Waals surface area contributed by atoms with Crippen LogP contribution in [0.4, 0.5) is 11.4 Å². The van der Waals surface area contributed by atoms with Crippen molar-refractivity contribution in [1.29, 1.82) is 0 Å². The van der Waals surface area contributed by atoms with Crippen LogP contribution in [0.15, 0.2) is 48.5 Å². The Morgan fingerprint density at radius 3 is 1.18 bits per heavy atom. The minimum Gasteiger partial charge on any atom is -0.381 e. The summed E-state index contributed by atoms with van der Waals surface area (Å²) in [6, 6.07) is 17.7. The zero-order valence-electron chi connectivity index (χ0n) is 18.0. The van der Waals surface area contributed by atoms with Crippen molar-refractivity contribution < 1.29 is 0 Å². The second-order valence-corrected chi connectivity index (χ2v) is 8.02. The van der Waals surface area contributed by atoms with E-state index in [0.29, 0.717) is 0 Å². The van der Waals surface area contributed by atoms with Gasteiger partial charge >= 0.3 is 0 Å². The predicted octanol–water partition coefficient (Wildman–Crippen LogP) is 6.76. The molecular formula is C26H32N2. The van der Waals surface area contributed by atoms with Crippen LogP contribution in [-0.4, -0.2) is 0 Å². The summed E-state index contributed by atoms with van der Waals surface area (Å²) in [5, 5.41) is 7.33. The molecule has 0 aliphatic rings. The van der Waals surface area contributed by atoms with Gasteiger partial charge in [0, 0.05) is 24.5 Å². The minimum absolute atomic E-state index is 0.828. The van der Waals surface area contributed by atoms with E-state index in [0.717, 1.165) is 13.1 Å². The Morgan fingerprint density at radius 1 is 0.536 bits per heavy atom. The highest BCUT2D eigenvalue weighted by Crippen LogP contribution is 2.25. The number of hydrogen-bond acceptors (Lipinski definition) is 2. The van der Waals surface area contributed by atoms with Gasteiger partial charge < -0.3 is 10.6 Å². The average molecular weight is 373 g/mol. The number of anilines is 2. The summed E-state index contributed by atoms with van der Waals surface area (Å²) in [7, 11) is 0. The van der Waals surface area contributed by atoms with Crippen molar-refractivity contribution in [1.82, 2.24) is 0 Å². The van der Waals surface area contributed by atoms with Gasteiger partial charge in [0.05, 0.1) is 0 Å². The van der Waals surface area contributed by atoms with Crippen LogP contribution < -0.4 is 10.6 Å². The van der Waals surface area contributed by atoms with E-state index in [-0.39, 0.29) is 0 Å². The maximum absolute atomic E-state index is 3.67. The van der Waals surface area contributed by atoms with Gasteiger partial charge in [-0.05, 0) is 74.9 Å². The van der Waals surface area contributed by atoms with Gasteiger partial charge in [0.1, 0.15) is 0 Å². The minimum atomic E-state index is 0.828. The molecule has 3 aromatic rings. The molecule has 28 heavy (non-hydrogen) atoms. The molecule has 146 valence electrons. The highest BCUT2D eigenvalue weighted by atomic mass is 14.9. The van der Waals surface area contributed by atoms with Crippen molar-refractivity contribution in [3.05, 3.63) is 93.0 Å². The van der Waals surface area contributed by atoms with E-state index >= 15 is 0 Å². The van der Waals surface area contributed by atoms with Gasteiger partial charge in [0.2, 0.25) is 0 Å². The molecule has 0 aromatic heterocycles.